The molecule has 4 heteroatoms. The Labute approximate surface area is 132 Å². The zero-order valence-corrected chi connectivity index (χ0v) is 16.0. The summed E-state index contributed by atoms with van der Waals surface area (Å²) in [7, 11) is -0.209. The molecule has 0 bridgehead atoms. The predicted molar refractivity (Wildman–Crippen MR) is 91.9 cm³/mol. The standard InChI is InChI=1S/C17H34O3Si/c1-8-21(9-2,10-3)20-16(12-11-14(4)5)15(6)13-17(18)19-7/h11,15-16H,8-10,12-13H2,1-7H3/t15-,16-/m0/s1. The van der Waals surface area contributed by atoms with Crippen LogP contribution in [-0.4, -0.2) is 27.5 Å². The van der Waals surface area contributed by atoms with E-state index in [0.717, 1.165) is 24.6 Å². The van der Waals surface area contributed by atoms with Crippen LogP contribution >= 0.6 is 0 Å². The summed E-state index contributed by atoms with van der Waals surface area (Å²) in [5.41, 5.74) is 1.30. The van der Waals surface area contributed by atoms with Gasteiger partial charge in [-0.1, -0.05) is 39.3 Å². The summed E-state index contributed by atoms with van der Waals surface area (Å²) in [6.45, 7) is 13.0. The molecule has 0 N–H and O–H groups in total. The van der Waals surface area contributed by atoms with Crippen molar-refractivity contribution in [3.8, 4) is 0 Å². The van der Waals surface area contributed by atoms with Gasteiger partial charge < -0.3 is 9.16 Å². The Morgan fingerprint density at radius 2 is 1.67 bits per heavy atom. The normalized spacial score (nSPS) is 14.4. The van der Waals surface area contributed by atoms with Crippen molar-refractivity contribution in [1.82, 2.24) is 0 Å². The summed E-state index contributed by atoms with van der Waals surface area (Å²) in [5, 5.41) is 0. The molecular formula is C17H34O3Si. The van der Waals surface area contributed by atoms with Crippen LogP contribution in [0.1, 0.15) is 54.4 Å². The van der Waals surface area contributed by atoms with Gasteiger partial charge in [-0.05, 0) is 44.3 Å². The largest absolute Gasteiger partial charge is 0.469 e. The molecule has 2 atom stereocenters. The molecule has 0 aliphatic heterocycles. The fourth-order valence-electron chi connectivity index (χ4n) is 2.55. The van der Waals surface area contributed by atoms with Crippen LogP contribution in [-0.2, 0) is 14.0 Å². The summed E-state index contributed by atoms with van der Waals surface area (Å²) in [4.78, 5) is 11.6. The lowest BCUT2D eigenvalue weighted by Gasteiger charge is -2.35. The van der Waals surface area contributed by atoms with Crippen molar-refractivity contribution in [2.75, 3.05) is 7.11 Å². The lowest BCUT2D eigenvalue weighted by atomic mass is 9.98. The van der Waals surface area contributed by atoms with E-state index in [4.69, 9.17) is 9.16 Å². The smallest absolute Gasteiger partial charge is 0.305 e. The van der Waals surface area contributed by atoms with Gasteiger partial charge in [0.2, 0.25) is 0 Å². The van der Waals surface area contributed by atoms with Crippen molar-refractivity contribution >= 4 is 14.3 Å². The van der Waals surface area contributed by atoms with Crippen molar-refractivity contribution in [1.29, 1.82) is 0 Å². The van der Waals surface area contributed by atoms with Gasteiger partial charge in [-0.25, -0.2) is 0 Å². The van der Waals surface area contributed by atoms with Crippen LogP contribution in [0.4, 0.5) is 0 Å². The Morgan fingerprint density at radius 1 is 1.14 bits per heavy atom. The summed E-state index contributed by atoms with van der Waals surface area (Å²) in [6, 6.07) is 3.41. The third kappa shape index (κ3) is 7.27. The van der Waals surface area contributed by atoms with Crippen LogP contribution < -0.4 is 0 Å². The first-order chi connectivity index (χ1) is 9.83. The van der Waals surface area contributed by atoms with E-state index in [1.165, 1.54) is 12.7 Å². The molecule has 0 spiro atoms. The number of methoxy groups -OCH3 is 1. The van der Waals surface area contributed by atoms with Gasteiger partial charge in [-0.15, -0.1) is 0 Å². The molecule has 0 aliphatic rings. The Kier molecular flexibility index (Phi) is 9.87. The maximum absolute atomic E-state index is 11.6. The van der Waals surface area contributed by atoms with Gasteiger partial charge in [0, 0.05) is 0 Å². The van der Waals surface area contributed by atoms with E-state index in [1.807, 2.05) is 0 Å². The van der Waals surface area contributed by atoms with Crippen molar-refractivity contribution in [3.05, 3.63) is 11.6 Å². The average Bonchev–Trinajstić information content (AvgIpc) is 2.47. The highest BCUT2D eigenvalue weighted by atomic mass is 28.4. The zero-order valence-electron chi connectivity index (χ0n) is 15.0. The molecule has 124 valence electrons. The van der Waals surface area contributed by atoms with E-state index in [0.29, 0.717) is 6.42 Å². The van der Waals surface area contributed by atoms with E-state index in [9.17, 15) is 4.79 Å². The van der Waals surface area contributed by atoms with Gasteiger partial charge >= 0.3 is 5.97 Å². The lowest BCUT2D eigenvalue weighted by Crippen LogP contribution is -2.42. The number of carbonyl (C=O) groups is 1. The summed E-state index contributed by atoms with van der Waals surface area (Å²) in [6.07, 6.45) is 3.65. The molecule has 0 amide bonds. The van der Waals surface area contributed by atoms with Crippen molar-refractivity contribution in [2.24, 2.45) is 5.92 Å². The highest BCUT2D eigenvalue weighted by Gasteiger charge is 2.34. The fraction of sp³-hybridized carbons (Fsp3) is 0.824. The lowest BCUT2D eigenvalue weighted by molar-refractivity contribution is -0.142. The van der Waals surface area contributed by atoms with Gasteiger partial charge in [0.15, 0.2) is 8.32 Å². The first-order valence-electron chi connectivity index (χ1n) is 8.22. The Morgan fingerprint density at radius 3 is 2.05 bits per heavy atom. The molecule has 0 aromatic rings. The van der Waals surface area contributed by atoms with E-state index < -0.39 is 8.32 Å². The summed E-state index contributed by atoms with van der Waals surface area (Å²) < 4.78 is 11.4. The molecule has 0 aromatic heterocycles. The number of rotatable bonds is 10. The molecular weight excluding hydrogens is 280 g/mol. The molecule has 0 aliphatic carbocycles. The molecule has 0 saturated carbocycles. The topological polar surface area (TPSA) is 35.5 Å². The number of esters is 1. The molecule has 0 unspecified atom stereocenters. The quantitative estimate of drug-likeness (QED) is 0.326. The summed E-state index contributed by atoms with van der Waals surface area (Å²) in [5.74, 6) is 0.0367. The maximum atomic E-state index is 11.6. The van der Waals surface area contributed by atoms with Gasteiger partial charge in [0.05, 0.1) is 19.6 Å². The number of ether oxygens (including phenoxy) is 1. The van der Waals surface area contributed by atoms with Crippen LogP contribution in [0, 0.1) is 5.92 Å². The van der Waals surface area contributed by atoms with Crippen LogP contribution in [0.3, 0.4) is 0 Å². The average molecular weight is 315 g/mol. The molecule has 0 saturated heterocycles. The van der Waals surface area contributed by atoms with Gasteiger partial charge in [0.25, 0.3) is 0 Å². The van der Waals surface area contributed by atoms with E-state index in [-0.39, 0.29) is 18.0 Å². The molecule has 0 aromatic carbocycles. The van der Waals surface area contributed by atoms with Crippen LogP contribution in [0.15, 0.2) is 11.6 Å². The molecule has 3 nitrogen and oxygen atoms in total. The second-order valence-electron chi connectivity index (χ2n) is 6.17. The number of hydrogen-bond acceptors (Lipinski definition) is 3. The molecule has 0 radical (unpaired) electrons. The molecule has 0 fully saturated rings. The van der Waals surface area contributed by atoms with Gasteiger partial charge in [-0.3, -0.25) is 4.79 Å². The van der Waals surface area contributed by atoms with Crippen molar-refractivity contribution < 1.29 is 14.0 Å². The summed E-state index contributed by atoms with van der Waals surface area (Å²) >= 11 is 0. The number of allylic oxidation sites excluding steroid dienone is 1. The molecule has 0 rings (SSSR count). The maximum Gasteiger partial charge on any atom is 0.305 e. The third-order valence-electron chi connectivity index (χ3n) is 4.44. The Bertz CT molecular complexity index is 323. The van der Waals surface area contributed by atoms with E-state index in [2.05, 4.69) is 47.6 Å². The van der Waals surface area contributed by atoms with E-state index >= 15 is 0 Å². The Balaban J connectivity index is 5.03. The molecule has 21 heavy (non-hydrogen) atoms. The van der Waals surface area contributed by atoms with Crippen LogP contribution in [0.25, 0.3) is 0 Å². The fourth-order valence-corrected chi connectivity index (χ4v) is 5.52. The minimum atomic E-state index is -1.66. The van der Waals surface area contributed by atoms with E-state index in [1.54, 1.807) is 0 Å². The first kappa shape index (κ1) is 20.4. The highest BCUT2D eigenvalue weighted by Crippen LogP contribution is 2.28. The number of hydrogen-bond donors (Lipinski definition) is 0. The highest BCUT2D eigenvalue weighted by molar-refractivity contribution is 6.73. The third-order valence-corrected chi connectivity index (χ3v) is 9.11. The second kappa shape index (κ2) is 10.2. The minimum Gasteiger partial charge on any atom is -0.469 e. The second-order valence-corrected chi connectivity index (χ2v) is 10.9. The van der Waals surface area contributed by atoms with Crippen LogP contribution in [0.2, 0.25) is 18.1 Å². The first-order valence-corrected chi connectivity index (χ1v) is 10.7. The zero-order chi connectivity index (χ0) is 16.5. The monoisotopic (exact) mass is 314 g/mol. The minimum absolute atomic E-state index is 0.116. The predicted octanol–water partition coefficient (Wildman–Crippen LogP) is 4.93. The van der Waals surface area contributed by atoms with Gasteiger partial charge in [-0.2, -0.15) is 0 Å². The van der Waals surface area contributed by atoms with Gasteiger partial charge in [0.1, 0.15) is 0 Å². The molecule has 0 heterocycles. The number of carbonyl (C=O) groups excluding carboxylic acids is 1. The van der Waals surface area contributed by atoms with Crippen LogP contribution in [0.5, 0.6) is 0 Å². The van der Waals surface area contributed by atoms with Crippen molar-refractivity contribution in [3.63, 3.8) is 0 Å². The van der Waals surface area contributed by atoms with Crippen molar-refractivity contribution in [2.45, 2.75) is 78.6 Å². The SMILES string of the molecule is CC[Si](CC)(CC)O[C@@H](CC=C(C)C)[C@@H](C)CC(=O)OC. The Hall–Kier alpha value is -0.613.